The molecule has 0 radical (unpaired) electrons. The molecule has 1 fully saturated rings. The molecule has 1 atom stereocenters. The molecule has 0 saturated heterocycles. The zero-order valence-electron chi connectivity index (χ0n) is 18.7. The van der Waals surface area contributed by atoms with Gasteiger partial charge < -0.3 is 10.4 Å². The first-order valence-corrected chi connectivity index (χ1v) is 11.2. The average molecular weight is 455 g/mol. The van der Waals surface area contributed by atoms with Crippen LogP contribution in [0.5, 0.6) is 0 Å². The van der Waals surface area contributed by atoms with Crippen LogP contribution < -0.4 is 10.9 Å². The number of nitrogens with zero attached hydrogens (tertiary/aromatic N) is 3. The summed E-state index contributed by atoms with van der Waals surface area (Å²) in [4.78, 5) is 33.9. The molecule has 32 heavy (non-hydrogen) atoms. The molecule has 7 nitrogen and oxygen atoms in total. The van der Waals surface area contributed by atoms with Gasteiger partial charge in [-0.15, -0.1) is 0 Å². The van der Waals surface area contributed by atoms with Crippen LogP contribution in [-0.2, 0) is 12.5 Å². The Labute approximate surface area is 191 Å². The van der Waals surface area contributed by atoms with E-state index in [9.17, 15) is 14.7 Å². The second-order valence-corrected chi connectivity index (χ2v) is 9.41. The minimum atomic E-state index is -1.17. The van der Waals surface area contributed by atoms with Crippen LogP contribution in [0.3, 0.4) is 0 Å². The first-order chi connectivity index (χ1) is 15.1. The summed E-state index contributed by atoms with van der Waals surface area (Å²) in [5.74, 6) is -0.357. The van der Waals surface area contributed by atoms with E-state index in [4.69, 9.17) is 16.6 Å². The van der Waals surface area contributed by atoms with Gasteiger partial charge in [0.15, 0.2) is 5.69 Å². The molecule has 1 saturated carbocycles. The maximum absolute atomic E-state index is 13.3. The van der Waals surface area contributed by atoms with Crippen molar-refractivity contribution in [3.05, 3.63) is 62.4 Å². The van der Waals surface area contributed by atoms with E-state index < -0.39 is 5.97 Å². The molecule has 1 aliphatic carbocycles. The van der Waals surface area contributed by atoms with Gasteiger partial charge in [0, 0.05) is 18.0 Å². The monoisotopic (exact) mass is 454 g/mol. The van der Waals surface area contributed by atoms with Crippen molar-refractivity contribution in [3.8, 4) is 0 Å². The lowest BCUT2D eigenvalue weighted by Crippen LogP contribution is -2.32. The molecular weight excluding hydrogens is 428 g/mol. The molecular formula is C24H27ClN4O3. The van der Waals surface area contributed by atoms with Gasteiger partial charge in [-0.2, -0.15) is 0 Å². The van der Waals surface area contributed by atoms with Gasteiger partial charge in [-0.1, -0.05) is 37.4 Å². The maximum Gasteiger partial charge on any atom is 0.356 e. The van der Waals surface area contributed by atoms with E-state index in [0.717, 1.165) is 42.6 Å². The molecule has 0 unspecified atom stereocenters. The van der Waals surface area contributed by atoms with E-state index in [2.05, 4.69) is 17.2 Å². The SMILES string of the molecule is Cc1cc([C@@H](C)Nc2ccc(Cl)nc2C(=O)O)c2nc(C3(C)CCCC3)n(C)c(=O)c2c1. The van der Waals surface area contributed by atoms with Crippen LogP contribution in [0.25, 0.3) is 10.9 Å². The fraction of sp³-hybridized carbons (Fsp3) is 0.417. The Hall–Kier alpha value is -2.93. The number of carboxylic acids is 1. The summed E-state index contributed by atoms with van der Waals surface area (Å²) in [7, 11) is 1.80. The number of nitrogens with one attached hydrogen (secondary N) is 1. The van der Waals surface area contributed by atoms with Crippen molar-refractivity contribution in [1.29, 1.82) is 0 Å². The Bertz CT molecular complexity index is 1280. The zero-order valence-corrected chi connectivity index (χ0v) is 19.5. The Balaban J connectivity index is 1.86. The fourth-order valence-corrected chi connectivity index (χ4v) is 4.97. The van der Waals surface area contributed by atoms with E-state index in [1.54, 1.807) is 23.7 Å². The van der Waals surface area contributed by atoms with Crippen LogP contribution in [0.4, 0.5) is 5.69 Å². The summed E-state index contributed by atoms with van der Waals surface area (Å²) >= 11 is 5.89. The second-order valence-electron chi connectivity index (χ2n) is 9.02. The van der Waals surface area contributed by atoms with Gasteiger partial charge in [0.25, 0.3) is 5.56 Å². The highest BCUT2D eigenvalue weighted by atomic mass is 35.5. The first-order valence-electron chi connectivity index (χ1n) is 10.8. The van der Waals surface area contributed by atoms with Crippen molar-refractivity contribution in [2.45, 2.75) is 57.9 Å². The molecule has 3 aromatic rings. The molecule has 1 aliphatic rings. The number of carboxylic acid groups (broad SMARTS) is 1. The van der Waals surface area contributed by atoms with Crippen molar-refractivity contribution in [2.24, 2.45) is 7.05 Å². The average Bonchev–Trinajstić information content (AvgIpc) is 3.18. The van der Waals surface area contributed by atoms with E-state index in [0.29, 0.717) is 16.6 Å². The van der Waals surface area contributed by atoms with Gasteiger partial charge in [-0.25, -0.2) is 14.8 Å². The number of aryl methyl sites for hydroxylation is 1. The third-order valence-electron chi connectivity index (χ3n) is 6.50. The van der Waals surface area contributed by atoms with Crippen molar-refractivity contribution in [3.63, 3.8) is 0 Å². The van der Waals surface area contributed by atoms with Crippen LogP contribution in [-0.4, -0.2) is 25.6 Å². The Morgan fingerprint density at radius 2 is 1.94 bits per heavy atom. The van der Waals surface area contributed by atoms with Gasteiger partial charge >= 0.3 is 5.97 Å². The highest BCUT2D eigenvalue weighted by Crippen LogP contribution is 2.40. The number of pyridine rings is 1. The van der Waals surface area contributed by atoms with Crippen molar-refractivity contribution < 1.29 is 9.90 Å². The molecule has 0 aliphatic heterocycles. The highest BCUT2D eigenvalue weighted by Gasteiger charge is 2.35. The van der Waals surface area contributed by atoms with E-state index in [1.165, 1.54) is 0 Å². The van der Waals surface area contributed by atoms with Crippen molar-refractivity contribution in [1.82, 2.24) is 14.5 Å². The van der Waals surface area contributed by atoms with Gasteiger partial charge in [-0.3, -0.25) is 9.36 Å². The van der Waals surface area contributed by atoms with Gasteiger partial charge in [0.05, 0.1) is 22.6 Å². The second kappa shape index (κ2) is 8.20. The third kappa shape index (κ3) is 3.86. The Morgan fingerprint density at radius 1 is 1.25 bits per heavy atom. The molecule has 8 heteroatoms. The number of aromatic carboxylic acids is 1. The van der Waals surface area contributed by atoms with Crippen LogP contribution in [0, 0.1) is 6.92 Å². The lowest BCUT2D eigenvalue weighted by atomic mass is 9.87. The lowest BCUT2D eigenvalue weighted by molar-refractivity contribution is 0.0691. The quantitative estimate of drug-likeness (QED) is 0.527. The molecule has 0 bridgehead atoms. The molecule has 168 valence electrons. The normalized spacial score (nSPS) is 16.3. The third-order valence-corrected chi connectivity index (χ3v) is 6.71. The van der Waals surface area contributed by atoms with Crippen molar-refractivity contribution >= 4 is 34.2 Å². The minimum absolute atomic E-state index is 0.0605. The molecule has 0 spiro atoms. The molecule has 4 rings (SSSR count). The number of aromatic nitrogens is 3. The zero-order chi connectivity index (χ0) is 23.2. The van der Waals surface area contributed by atoms with E-state index in [1.807, 2.05) is 26.0 Å². The molecule has 1 aromatic carbocycles. The topological polar surface area (TPSA) is 97.1 Å². The van der Waals surface area contributed by atoms with Gasteiger partial charge in [-0.05, 0) is 50.5 Å². The number of fused-ring (bicyclic) bond motifs is 1. The number of anilines is 1. The number of hydrogen-bond donors (Lipinski definition) is 2. The van der Waals surface area contributed by atoms with E-state index >= 15 is 0 Å². The van der Waals surface area contributed by atoms with Crippen LogP contribution in [0.1, 0.15) is 73.0 Å². The summed E-state index contributed by atoms with van der Waals surface area (Å²) in [5.41, 5.74) is 2.45. The summed E-state index contributed by atoms with van der Waals surface area (Å²) in [6.45, 7) is 6.04. The number of benzene rings is 1. The largest absolute Gasteiger partial charge is 0.476 e. The summed E-state index contributed by atoms with van der Waals surface area (Å²) in [5, 5.41) is 13.4. The maximum atomic E-state index is 13.3. The highest BCUT2D eigenvalue weighted by molar-refractivity contribution is 6.29. The van der Waals surface area contributed by atoms with Gasteiger partial charge in [0.1, 0.15) is 11.0 Å². The molecule has 2 aromatic heterocycles. The summed E-state index contributed by atoms with van der Waals surface area (Å²) < 4.78 is 1.70. The summed E-state index contributed by atoms with van der Waals surface area (Å²) in [6, 6.07) is 6.70. The molecule has 2 N–H and O–H groups in total. The van der Waals surface area contributed by atoms with Crippen LogP contribution in [0.2, 0.25) is 5.15 Å². The fourth-order valence-electron chi connectivity index (χ4n) is 4.83. The summed E-state index contributed by atoms with van der Waals surface area (Å²) in [6.07, 6.45) is 4.27. The predicted octanol–water partition coefficient (Wildman–Crippen LogP) is 4.99. The molecule has 2 heterocycles. The Morgan fingerprint density at radius 3 is 2.59 bits per heavy atom. The van der Waals surface area contributed by atoms with E-state index in [-0.39, 0.29) is 27.9 Å². The lowest BCUT2D eigenvalue weighted by Gasteiger charge is -2.26. The standard InChI is InChI=1S/C24H27ClN4O3/c1-13-11-15(14(2)26-17-7-8-18(25)27-20(17)22(31)32)19-16(12-13)21(30)29(4)23(28-19)24(3)9-5-6-10-24/h7-8,11-12,14,26H,5-6,9-10H2,1-4H3,(H,31,32)/t14-/m1/s1. The number of hydrogen-bond acceptors (Lipinski definition) is 5. The predicted molar refractivity (Wildman–Crippen MR) is 126 cm³/mol. The minimum Gasteiger partial charge on any atom is -0.476 e. The number of halogens is 1. The van der Waals surface area contributed by atoms with Crippen LogP contribution >= 0.6 is 11.6 Å². The Kier molecular flexibility index (Phi) is 5.71. The number of rotatable bonds is 5. The molecule has 0 amide bonds. The smallest absolute Gasteiger partial charge is 0.356 e. The van der Waals surface area contributed by atoms with Gasteiger partial charge in [0.2, 0.25) is 0 Å². The number of carbonyl (C=O) groups is 1. The van der Waals surface area contributed by atoms with Crippen LogP contribution in [0.15, 0.2) is 29.1 Å². The first kappa shape index (κ1) is 22.3. The van der Waals surface area contributed by atoms with Crippen molar-refractivity contribution in [2.75, 3.05) is 5.32 Å².